The van der Waals surface area contributed by atoms with E-state index in [1.165, 1.54) is 12.8 Å². The summed E-state index contributed by atoms with van der Waals surface area (Å²) in [5.41, 5.74) is 9.19. The highest BCUT2D eigenvalue weighted by atomic mass is 15.0. The average Bonchev–Trinajstić information content (AvgIpc) is 3.06. The first kappa shape index (κ1) is 10.5. The van der Waals surface area contributed by atoms with Gasteiger partial charge in [0.25, 0.3) is 0 Å². The molecule has 17 heavy (non-hydrogen) atoms. The van der Waals surface area contributed by atoms with Gasteiger partial charge in [-0.1, -0.05) is 18.2 Å². The van der Waals surface area contributed by atoms with Crippen LogP contribution in [0.15, 0.2) is 30.3 Å². The molecule has 1 heterocycles. The number of nitrogens with one attached hydrogen (secondary N) is 1. The first-order valence-corrected chi connectivity index (χ1v) is 6.05. The van der Waals surface area contributed by atoms with Gasteiger partial charge in [-0.15, -0.1) is 0 Å². The second-order valence-corrected chi connectivity index (χ2v) is 5.13. The number of benzene rings is 1. The molecule has 3 heteroatoms. The molecule has 1 saturated carbocycles. The molecule has 1 aromatic carbocycles. The second kappa shape index (κ2) is 3.70. The van der Waals surface area contributed by atoms with Crippen molar-refractivity contribution >= 4 is 16.6 Å². The Hall–Kier alpha value is -1.61. The van der Waals surface area contributed by atoms with Crippen LogP contribution in [-0.2, 0) is 6.54 Å². The van der Waals surface area contributed by atoms with Gasteiger partial charge < -0.3 is 11.1 Å². The van der Waals surface area contributed by atoms with Gasteiger partial charge in [0.1, 0.15) is 0 Å². The third-order valence-corrected chi connectivity index (χ3v) is 3.50. The lowest BCUT2D eigenvalue weighted by Gasteiger charge is -2.12. The number of nitrogen functional groups attached to an aromatic ring is 1. The van der Waals surface area contributed by atoms with Crippen molar-refractivity contribution < 1.29 is 0 Å². The summed E-state index contributed by atoms with van der Waals surface area (Å²) in [4.78, 5) is 4.62. The van der Waals surface area contributed by atoms with Crippen molar-refractivity contribution in [1.82, 2.24) is 10.3 Å². The second-order valence-electron chi connectivity index (χ2n) is 5.13. The summed E-state index contributed by atoms with van der Waals surface area (Å²) in [6, 6.07) is 9.98. The maximum atomic E-state index is 6.04. The summed E-state index contributed by atoms with van der Waals surface area (Å²) in [7, 11) is 0. The molecule has 3 nitrogen and oxygen atoms in total. The molecule has 0 aliphatic heterocycles. The Morgan fingerprint density at radius 3 is 2.88 bits per heavy atom. The Labute approximate surface area is 101 Å². The predicted molar refractivity (Wildman–Crippen MR) is 70.6 cm³/mol. The minimum absolute atomic E-state index is 0.335. The number of pyridine rings is 1. The number of anilines is 1. The van der Waals surface area contributed by atoms with Gasteiger partial charge in [-0.3, -0.25) is 4.98 Å². The van der Waals surface area contributed by atoms with Crippen molar-refractivity contribution in [1.29, 1.82) is 0 Å². The van der Waals surface area contributed by atoms with Gasteiger partial charge in [0, 0.05) is 23.2 Å². The molecule has 1 aliphatic carbocycles. The summed E-state index contributed by atoms with van der Waals surface area (Å²) < 4.78 is 0. The van der Waals surface area contributed by atoms with E-state index in [9.17, 15) is 0 Å². The molecule has 0 unspecified atom stereocenters. The molecule has 3 N–H and O–H groups in total. The zero-order chi connectivity index (χ0) is 11.9. The van der Waals surface area contributed by atoms with Gasteiger partial charge in [-0.05, 0) is 31.9 Å². The lowest BCUT2D eigenvalue weighted by Crippen LogP contribution is -2.27. The molecule has 88 valence electrons. The van der Waals surface area contributed by atoms with Crippen LogP contribution in [-0.4, -0.2) is 10.5 Å². The van der Waals surface area contributed by atoms with E-state index in [0.717, 1.165) is 28.8 Å². The van der Waals surface area contributed by atoms with Crippen molar-refractivity contribution in [2.24, 2.45) is 0 Å². The van der Waals surface area contributed by atoms with E-state index in [2.05, 4.69) is 17.2 Å². The molecule has 0 bridgehead atoms. The lowest BCUT2D eigenvalue weighted by atomic mass is 10.1. The Balaban J connectivity index is 1.89. The fraction of sp³-hybridized carbons (Fsp3) is 0.357. The van der Waals surface area contributed by atoms with E-state index in [-0.39, 0.29) is 0 Å². The van der Waals surface area contributed by atoms with Crippen molar-refractivity contribution in [2.45, 2.75) is 31.8 Å². The van der Waals surface area contributed by atoms with Crippen LogP contribution in [0.1, 0.15) is 25.5 Å². The molecular weight excluding hydrogens is 210 g/mol. The quantitative estimate of drug-likeness (QED) is 0.846. The molecule has 0 saturated heterocycles. The summed E-state index contributed by atoms with van der Waals surface area (Å²) in [5, 5.41) is 4.56. The summed E-state index contributed by atoms with van der Waals surface area (Å²) in [6.45, 7) is 3.04. The van der Waals surface area contributed by atoms with E-state index in [4.69, 9.17) is 5.73 Å². The summed E-state index contributed by atoms with van der Waals surface area (Å²) in [6.07, 6.45) is 2.52. The molecule has 0 amide bonds. The highest BCUT2D eigenvalue weighted by molar-refractivity contribution is 5.90. The van der Waals surface area contributed by atoms with Crippen molar-refractivity contribution in [3.05, 3.63) is 36.0 Å². The topological polar surface area (TPSA) is 50.9 Å². The molecule has 1 fully saturated rings. The third kappa shape index (κ3) is 2.11. The predicted octanol–water partition coefficient (Wildman–Crippen LogP) is 2.46. The van der Waals surface area contributed by atoms with Gasteiger partial charge in [-0.25, -0.2) is 0 Å². The minimum Gasteiger partial charge on any atom is -0.398 e. The van der Waals surface area contributed by atoms with Gasteiger partial charge in [0.2, 0.25) is 0 Å². The lowest BCUT2D eigenvalue weighted by molar-refractivity contribution is 0.533. The molecule has 3 rings (SSSR count). The molecule has 0 radical (unpaired) electrons. The molecule has 1 aromatic heterocycles. The van der Waals surface area contributed by atoms with Crippen LogP contribution in [0.25, 0.3) is 10.9 Å². The number of nitrogens with two attached hydrogens (primary N) is 1. The fourth-order valence-corrected chi connectivity index (χ4v) is 2.02. The Morgan fingerprint density at radius 2 is 2.12 bits per heavy atom. The Kier molecular flexibility index (Phi) is 2.30. The number of para-hydroxylation sites is 1. The first-order valence-electron chi connectivity index (χ1n) is 6.05. The number of rotatable bonds is 3. The van der Waals surface area contributed by atoms with Crippen LogP contribution >= 0.6 is 0 Å². The number of hydrogen-bond acceptors (Lipinski definition) is 3. The minimum atomic E-state index is 0.335. The maximum absolute atomic E-state index is 6.04. The molecule has 1 aliphatic rings. The number of aromatic nitrogens is 1. The van der Waals surface area contributed by atoms with Gasteiger partial charge >= 0.3 is 0 Å². The summed E-state index contributed by atoms with van der Waals surface area (Å²) >= 11 is 0. The molecule has 2 aromatic rings. The van der Waals surface area contributed by atoms with Crippen molar-refractivity contribution in [2.75, 3.05) is 5.73 Å². The van der Waals surface area contributed by atoms with Gasteiger partial charge in [0.15, 0.2) is 0 Å². The van der Waals surface area contributed by atoms with Gasteiger partial charge in [0.05, 0.1) is 11.2 Å². The highest BCUT2D eigenvalue weighted by Gasteiger charge is 2.36. The zero-order valence-electron chi connectivity index (χ0n) is 10.0. The maximum Gasteiger partial charge on any atom is 0.0726 e. The number of nitrogens with zero attached hydrogens (tertiary/aromatic N) is 1. The fourth-order valence-electron chi connectivity index (χ4n) is 2.02. The standard InChI is InChI=1S/C14H17N3/c1-14(6-7-14)16-9-10-8-12(15)11-4-2-3-5-13(11)17-10/h2-5,8,16H,6-7,9H2,1H3,(H2,15,17). The first-order chi connectivity index (χ1) is 8.16. The highest BCUT2D eigenvalue weighted by Crippen LogP contribution is 2.34. The average molecular weight is 227 g/mol. The monoisotopic (exact) mass is 227 g/mol. The molecule has 0 spiro atoms. The van der Waals surface area contributed by atoms with Crippen molar-refractivity contribution in [3.63, 3.8) is 0 Å². The number of hydrogen-bond donors (Lipinski definition) is 2. The Morgan fingerprint density at radius 1 is 1.35 bits per heavy atom. The third-order valence-electron chi connectivity index (χ3n) is 3.50. The van der Waals surface area contributed by atoms with Crippen LogP contribution in [0.5, 0.6) is 0 Å². The van der Waals surface area contributed by atoms with Crippen LogP contribution < -0.4 is 11.1 Å². The smallest absolute Gasteiger partial charge is 0.0726 e. The zero-order valence-corrected chi connectivity index (χ0v) is 10.0. The van der Waals surface area contributed by atoms with Crippen LogP contribution in [0.4, 0.5) is 5.69 Å². The molecular formula is C14H17N3. The largest absolute Gasteiger partial charge is 0.398 e. The normalized spacial score (nSPS) is 17.2. The van der Waals surface area contributed by atoms with E-state index in [1.54, 1.807) is 0 Å². The van der Waals surface area contributed by atoms with E-state index in [1.807, 2.05) is 30.3 Å². The summed E-state index contributed by atoms with van der Waals surface area (Å²) in [5.74, 6) is 0. The van der Waals surface area contributed by atoms with Gasteiger partial charge in [-0.2, -0.15) is 0 Å². The Bertz CT molecular complexity index is 558. The van der Waals surface area contributed by atoms with Crippen molar-refractivity contribution in [3.8, 4) is 0 Å². The number of fused-ring (bicyclic) bond motifs is 1. The van der Waals surface area contributed by atoms with E-state index < -0.39 is 0 Å². The van der Waals surface area contributed by atoms with E-state index >= 15 is 0 Å². The SMILES string of the molecule is CC1(NCc2cc(N)c3ccccc3n2)CC1. The van der Waals surface area contributed by atoms with E-state index in [0.29, 0.717) is 5.54 Å². The van der Waals surface area contributed by atoms with Crippen LogP contribution in [0, 0.1) is 0 Å². The molecule has 0 atom stereocenters. The van der Waals surface area contributed by atoms with Crippen LogP contribution in [0.3, 0.4) is 0 Å². The van der Waals surface area contributed by atoms with Crippen LogP contribution in [0.2, 0.25) is 0 Å².